The molecule has 1 unspecified atom stereocenters. The Labute approximate surface area is 137 Å². The molecular formula is C17H15FN4O2. The SMILES string of the molecule is O=C1CC2c3ccnc(-c4ccc(F)nc4)c3CCN2C(=O)CN1. The summed E-state index contributed by atoms with van der Waals surface area (Å²) in [6.45, 7) is 0.587. The van der Waals surface area contributed by atoms with E-state index in [0.717, 1.165) is 22.4 Å². The molecule has 0 saturated carbocycles. The van der Waals surface area contributed by atoms with E-state index in [2.05, 4.69) is 15.3 Å². The van der Waals surface area contributed by atoms with E-state index in [1.165, 1.54) is 12.3 Å². The van der Waals surface area contributed by atoms with Gasteiger partial charge in [-0.05, 0) is 35.7 Å². The molecule has 1 saturated heterocycles. The summed E-state index contributed by atoms with van der Waals surface area (Å²) in [5.41, 5.74) is 3.39. The predicted molar refractivity (Wildman–Crippen MR) is 83.2 cm³/mol. The highest BCUT2D eigenvalue weighted by atomic mass is 19.1. The lowest BCUT2D eigenvalue weighted by Gasteiger charge is -2.36. The molecule has 7 heteroatoms. The minimum absolute atomic E-state index is 0.0461. The van der Waals surface area contributed by atoms with Crippen molar-refractivity contribution in [2.24, 2.45) is 0 Å². The molecule has 0 aromatic carbocycles. The van der Waals surface area contributed by atoms with Crippen LogP contribution in [0.5, 0.6) is 0 Å². The average Bonchev–Trinajstić information content (AvgIpc) is 2.74. The van der Waals surface area contributed by atoms with E-state index in [1.54, 1.807) is 17.2 Å². The fraction of sp³-hybridized carbons (Fsp3) is 0.294. The van der Waals surface area contributed by atoms with Crippen LogP contribution in [0.3, 0.4) is 0 Å². The van der Waals surface area contributed by atoms with Crippen LogP contribution in [-0.4, -0.2) is 39.8 Å². The number of carbonyl (C=O) groups excluding carboxylic acids is 2. The number of hydrogen-bond acceptors (Lipinski definition) is 4. The Balaban J connectivity index is 1.81. The zero-order valence-corrected chi connectivity index (χ0v) is 12.8. The van der Waals surface area contributed by atoms with Crippen LogP contribution in [0.4, 0.5) is 4.39 Å². The van der Waals surface area contributed by atoms with Gasteiger partial charge in [-0.15, -0.1) is 0 Å². The Morgan fingerprint density at radius 1 is 1.21 bits per heavy atom. The number of pyridine rings is 2. The molecule has 0 radical (unpaired) electrons. The first-order valence-corrected chi connectivity index (χ1v) is 7.79. The van der Waals surface area contributed by atoms with E-state index in [1.807, 2.05) is 6.07 Å². The molecule has 0 spiro atoms. The Kier molecular flexibility index (Phi) is 3.48. The van der Waals surface area contributed by atoms with Crippen LogP contribution in [0.1, 0.15) is 23.6 Å². The second-order valence-corrected chi connectivity index (χ2v) is 5.93. The molecule has 122 valence electrons. The molecule has 1 atom stereocenters. The van der Waals surface area contributed by atoms with Gasteiger partial charge in [-0.3, -0.25) is 14.6 Å². The summed E-state index contributed by atoms with van der Waals surface area (Å²) in [6, 6.07) is 4.52. The van der Waals surface area contributed by atoms with Gasteiger partial charge in [0.25, 0.3) is 0 Å². The third-order valence-electron chi connectivity index (χ3n) is 4.57. The Morgan fingerprint density at radius 3 is 2.88 bits per heavy atom. The molecule has 24 heavy (non-hydrogen) atoms. The Bertz CT molecular complexity index is 822. The monoisotopic (exact) mass is 326 g/mol. The summed E-state index contributed by atoms with van der Waals surface area (Å²) in [7, 11) is 0. The molecule has 6 nitrogen and oxygen atoms in total. The van der Waals surface area contributed by atoms with E-state index in [-0.39, 0.29) is 30.8 Å². The van der Waals surface area contributed by atoms with E-state index in [9.17, 15) is 14.0 Å². The van der Waals surface area contributed by atoms with Gasteiger partial charge in [0.1, 0.15) is 0 Å². The maximum absolute atomic E-state index is 13.1. The number of nitrogens with one attached hydrogen (secondary N) is 1. The zero-order chi connectivity index (χ0) is 16.7. The highest BCUT2D eigenvalue weighted by molar-refractivity contribution is 5.88. The van der Waals surface area contributed by atoms with Crippen molar-refractivity contribution >= 4 is 11.8 Å². The van der Waals surface area contributed by atoms with Crippen molar-refractivity contribution in [3.63, 3.8) is 0 Å². The first-order valence-electron chi connectivity index (χ1n) is 7.79. The van der Waals surface area contributed by atoms with Crippen LogP contribution in [0, 0.1) is 5.95 Å². The summed E-state index contributed by atoms with van der Waals surface area (Å²) < 4.78 is 13.1. The molecule has 4 heterocycles. The van der Waals surface area contributed by atoms with Crippen molar-refractivity contribution in [1.82, 2.24) is 20.2 Å². The van der Waals surface area contributed by atoms with Crippen LogP contribution in [-0.2, 0) is 16.0 Å². The van der Waals surface area contributed by atoms with Gasteiger partial charge in [-0.2, -0.15) is 4.39 Å². The summed E-state index contributed by atoms with van der Waals surface area (Å²) in [4.78, 5) is 34.0. The minimum Gasteiger partial charge on any atom is -0.347 e. The Hall–Kier alpha value is -2.83. The average molecular weight is 326 g/mol. The van der Waals surface area contributed by atoms with Crippen molar-refractivity contribution in [3.8, 4) is 11.3 Å². The summed E-state index contributed by atoms with van der Waals surface area (Å²) >= 11 is 0. The number of fused-ring (bicyclic) bond motifs is 3. The number of halogens is 1. The van der Waals surface area contributed by atoms with Crippen LogP contribution >= 0.6 is 0 Å². The van der Waals surface area contributed by atoms with Crippen LogP contribution in [0.15, 0.2) is 30.6 Å². The van der Waals surface area contributed by atoms with Crippen molar-refractivity contribution in [2.75, 3.05) is 13.1 Å². The molecule has 0 bridgehead atoms. The topological polar surface area (TPSA) is 75.2 Å². The number of amides is 2. The fourth-order valence-electron chi connectivity index (χ4n) is 3.45. The molecule has 2 aromatic heterocycles. The van der Waals surface area contributed by atoms with Gasteiger partial charge in [0.05, 0.1) is 24.7 Å². The molecule has 4 rings (SSSR count). The standard InChI is InChI=1S/C17H15FN4O2/c18-14-2-1-10(8-20-14)17-12-4-6-22-13(11(12)3-5-19-17)7-15(23)21-9-16(22)24/h1-3,5,8,13H,4,6-7,9H2,(H,21,23). The van der Waals surface area contributed by atoms with Gasteiger partial charge in [-0.25, -0.2) is 4.98 Å². The lowest BCUT2D eigenvalue weighted by atomic mass is 9.88. The van der Waals surface area contributed by atoms with Crippen molar-refractivity contribution < 1.29 is 14.0 Å². The number of hydrogen-bond donors (Lipinski definition) is 1. The fourth-order valence-corrected chi connectivity index (χ4v) is 3.45. The van der Waals surface area contributed by atoms with E-state index >= 15 is 0 Å². The summed E-state index contributed by atoms with van der Waals surface area (Å²) in [6.07, 6.45) is 4.00. The zero-order valence-electron chi connectivity index (χ0n) is 12.8. The molecule has 0 aliphatic carbocycles. The van der Waals surface area contributed by atoms with E-state index < -0.39 is 5.95 Å². The van der Waals surface area contributed by atoms with Gasteiger partial charge in [0.2, 0.25) is 17.8 Å². The first kappa shape index (κ1) is 14.7. The Morgan fingerprint density at radius 2 is 2.08 bits per heavy atom. The maximum atomic E-state index is 13.1. The molecule has 1 N–H and O–H groups in total. The third-order valence-corrected chi connectivity index (χ3v) is 4.57. The van der Waals surface area contributed by atoms with Crippen molar-refractivity contribution in [2.45, 2.75) is 18.9 Å². The van der Waals surface area contributed by atoms with Gasteiger partial charge in [0.15, 0.2) is 0 Å². The predicted octanol–water partition coefficient (Wildman–Crippen LogP) is 1.23. The van der Waals surface area contributed by atoms with Gasteiger partial charge in [0, 0.05) is 24.5 Å². The molecule has 2 amide bonds. The quantitative estimate of drug-likeness (QED) is 0.800. The van der Waals surface area contributed by atoms with Crippen LogP contribution < -0.4 is 5.32 Å². The van der Waals surface area contributed by atoms with E-state index in [0.29, 0.717) is 13.0 Å². The van der Waals surface area contributed by atoms with Gasteiger partial charge in [-0.1, -0.05) is 0 Å². The molecular weight excluding hydrogens is 311 g/mol. The molecule has 2 aromatic rings. The normalized spacial score (nSPS) is 20.0. The minimum atomic E-state index is -0.541. The second kappa shape index (κ2) is 5.67. The molecule has 1 fully saturated rings. The number of carbonyl (C=O) groups is 2. The highest BCUT2D eigenvalue weighted by Gasteiger charge is 2.35. The van der Waals surface area contributed by atoms with Crippen molar-refractivity contribution in [3.05, 3.63) is 47.7 Å². The molecule has 2 aliphatic heterocycles. The lowest BCUT2D eigenvalue weighted by Crippen LogP contribution is -2.41. The maximum Gasteiger partial charge on any atom is 0.242 e. The number of aromatic nitrogens is 2. The molecule has 2 aliphatic rings. The number of rotatable bonds is 1. The largest absolute Gasteiger partial charge is 0.347 e. The van der Waals surface area contributed by atoms with E-state index in [4.69, 9.17) is 0 Å². The third kappa shape index (κ3) is 2.42. The highest BCUT2D eigenvalue weighted by Crippen LogP contribution is 2.37. The lowest BCUT2D eigenvalue weighted by molar-refractivity contribution is -0.132. The number of nitrogens with zero attached hydrogens (tertiary/aromatic N) is 3. The first-order chi connectivity index (χ1) is 11.6. The smallest absolute Gasteiger partial charge is 0.242 e. The second-order valence-electron chi connectivity index (χ2n) is 5.93. The summed E-state index contributed by atoms with van der Waals surface area (Å²) in [5, 5.41) is 2.64. The van der Waals surface area contributed by atoms with Crippen molar-refractivity contribution in [1.29, 1.82) is 0 Å². The van der Waals surface area contributed by atoms with Gasteiger partial charge < -0.3 is 10.2 Å². The summed E-state index contributed by atoms with van der Waals surface area (Å²) in [5.74, 6) is -0.746. The van der Waals surface area contributed by atoms with Crippen LogP contribution in [0.2, 0.25) is 0 Å². The van der Waals surface area contributed by atoms with Crippen LogP contribution in [0.25, 0.3) is 11.3 Å². The van der Waals surface area contributed by atoms with Gasteiger partial charge >= 0.3 is 0 Å².